The van der Waals surface area contributed by atoms with E-state index < -0.39 is 18.1 Å². The van der Waals surface area contributed by atoms with Crippen LogP contribution in [0.5, 0.6) is 0 Å². The van der Waals surface area contributed by atoms with E-state index in [0.717, 1.165) is 0 Å². The second-order valence-electron chi connectivity index (χ2n) is 5.31. The van der Waals surface area contributed by atoms with Crippen LogP contribution in [-0.4, -0.2) is 44.8 Å². The monoisotopic (exact) mass is 290 g/mol. The first kappa shape index (κ1) is 13.9. The summed E-state index contributed by atoms with van der Waals surface area (Å²) in [6.07, 6.45) is 1.15. The van der Waals surface area contributed by atoms with Gasteiger partial charge in [0.05, 0.1) is 11.6 Å². The van der Waals surface area contributed by atoms with E-state index in [4.69, 9.17) is 0 Å². The van der Waals surface area contributed by atoms with E-state index in [1.807, 2.05) is 0 Å². The van der Waals surface area contributed by atoms with Gasteiger partial charge in [-0.3, -0.25) is 14.7 Å². The number of benzene rings is 1. The molecule has 1 aromatic heterocycles. The lowest BCUT2D eigenvalue weighted by Crippen LogP contribution is -2.35. The van der Waals surface area contributed by atoms with Crippen LogP contribution in [-0.2, 0) is 11.3 Å². The molecular weight excluding hydrogens is 275 g/mol. The zero-order valence-electron chi connectivity index (χ0n) is 11.2. The lowest BCUT2D eigenvalue weighted by Gasteiger charge is -2.21. The summed E-state index contributed by atoms with van der Waals surface area (Å²) in [5, 5.41) is 19.6. The van der Waals surface area contributed by atoms with Gasteiger partial charge in [0.1, 0.15) is 11.9 Å². The normalized spacial score (nSPS) is 22.8. The molecule has 1 fully saturated rings. The van der Waals surface area contributed by atoms with Gasteiger partial charge in [0.25, 0.3) is 0 Å². The number of fused-ring (bicyclic) bond motifs is 1. The number of nitrogens with zero attached hydrogens (tertiary/aromatic N) is 2. The number of rotatable bonds is 3. The molecule has 2 N–H and O–H groups in total. The van der Waals surface area contributed by atoms with Crippen LogP contribution < -0.4 is 0 Å². The molecule has 0 saturated carbocycles. The number of halogens is 1. The standard InChI is InChI=1S/C15H15FN2O3/c16-11-4-9-2-1-3-17-14(9)10(5-11)7-18-8-12(19)6-13(18)15(20)21/h1-5,12-13,19H,6-8H2,(H,20,21). The smallest absolute Gasteiger partial charge is 0.321 e. The van der Waals surface area contributed by atoms with E-state index in [1.54, 1.807) is 23.2 Å². The van der Waals surface area contributed by atoms with E-state index in [2.05, 4.69) is 4.98 Å². The van der Waals surface area contributed by atoms with E-state index in [-0.39, 0.29) is 25.3 Å². The van der Waals surface area contributed by atoms with Gasteiger partial charge in [0.15, 0.2) is 0 Å². The Hall–Kier alpha value is -2.05. The minimum atomic E-state index is -0.972. The highest BCUT2D eigenvalue weighted by atomic mass is 19.1. The molecule has 0 amide bonds. The Labute approximate surface area is 120 Å². The molecule has 3 rings (SSSR count). The first-order chi connectivity index (χ1) is 10.0. The molecule has 0 spiro atoms. The topological polar surface area (TPSA) is 73.7 Å². The maximum absolute atomic E-state index is 13.7. The van der Waals surface area contributed by atoms with Crippen LogP contribution in [0.4, 0.5) is 4.39 Å². The summed E-state index contributed by atoms with van der Waals surface area (Å²) in [5.41, 5.74) is 1.29. The van der Waals surface area contributed by atoms with Crippen molar-refractivity contribution in [3.05, 3.63) is 41.8 Å². The van der Waals surface area contributed by atoms with Crippen LogP contribution in [0.1, 0.15) is 12.0 Å². The number of β-amino-alcohol motifs (C(OH)–C–C–N with tert-alkyl or cyclic N) is 1. The molecule has 1 aromatic carbocycles. The highest BCUT2D eigenvalue weighted by molar-refractivity contribution is 5.81. The summed E-state index contributed by atoms with van der Waals surface area (Å²) in [6, 6.07) is 5.52. The van der Waals surface area contributed by atoms with Crippen LogP contribution >= 0.6 is 0 Å². The summed E-state index contributed by atoms with van der Waals surface area (Å²) < 4.78 is 13.7. The Kier molecular flexibility index (Phi) is 3.57. The number of likely N-dealkylation sites (tertiary alicyclic amines) is 1. The number of hydrogen-bond acceptors (Lipinski definition) is 4. The van der Waals surface area contributed by atoms with Gasteiger partial charge in [-0.1, -0.05) is 6.07 Å². The Bertz CT molecular complexity index is 692. The van der Waals surface area contributed by atoms with Crippen LogP contribution in [0.25, 0.3) is 10.9 Å². The zero-order valence-corrected chi connectivity index (χ0v) is 11.2. The van der Waals surface area contributed by atoms with E-state index in [9.17, 15) is 19.4 Å². The lowest BCUT2D eigenvalue weighted by molar-refractivity contribution is -0.142. The summed E-state index contributed by atoms with van der Waals surface area (Å²) in [7, 11) is 0. The third kappa shape index (κ3) is 2.72. The summed E-state index contributed by atoms with van der Waals surface area (Å²) in [4.78, 5) is 17.1. The zero-order chi connectivity index (χ0) is 15.0. The number of hydrogen-bond donors (Lipinski definition) is 2. The number of aliphatic hydroxyl groups excluding tert-OH is 1. The van der Waals surface area contributed by atoms with Crippen LogP contribution in [0.2, 0.25) is 0 Å². The van der Waals surface area contributed by atoms with Gasteiger partial charge in [-0.15, -0.1) is 0 Å². The van der Waals surface area contributed by atoms with Gasteiger partial charge in [-0.2, -0.15) is 0 Å². The predicted octanol–water partition coefficient (Wildman–Crippen LogP) is 1.39. The largest absolute Gasteiger partial charge is 0.480 e. The Morgan fingerprint density at radius 3 is 3.05 bits per heavy atom. The van der Waals surface area contributed by atoms with Crippen molar-refractivity contribution in [2.45, 2.75) is 25.1 Å². The molecule has 2 atom stereocenters. The van der Waals surface area contributed by atoms with E-state index in [0.29, 0.717) is 16.5 Å². The van der Waals surface area contributed by atoms with E-state index in [1.165, 1.54) is 12.1 Å². The van der Waals surface area contributed by atoms with Crippen molar-refractivity contribution < 1.29 is 19.4 Å². The van der Waals surface area contributed by atoms with Crippen molar-refractivity contribution in [3.63, 3.8) is 0 Å². The highest BCUT2D eigenvalue weighted by Crippen LogP contribution is 2.25. The molecule has 21 heavy (non-hydrogen) atoms. The highest BCUT2D eigenvalue weighted by Gasteiger charge is 2.36. The first-order valence-corrected chi connectivity index (χ1v) is 6.72. The summed E-state index contributed by atoms with van der Waals surface area (Å²) in [6.45, 7) is 0.515. The average Bonchev–Trinajstić information content (AvgIpc) is 2.79. The molecular formula is C15H15FN2O3. The van der Waals surface area contributed by atoms with Crippen LogP contribution in [0, 0.1) is 5.82 Å². The predicted molar refractivity (Wildman–Crippen MR) is 74.2 cm³/mol. The maximum Gasteiger partial charge on any atom is 0.321 e. The van der Waals surface area contributed by atoms with Gasteiger partial charge < -0.3 is 10.2 Å². The Morgan fingerprint density at radius 2 is 2.29 bits per heavy atom. The van der Waals surface area contributed by atoms with Gasteiger partial charge in [-0.05, 0) is 23.8 Å². The summed E-state index contributed by atoms with van der Waals surface area (Å²) in [5.74, 6) is -1.35. The quantitative estimate of drug-likeness (QED) is 0.893. The number of pyridine rings is 1. The number of carboxylic acid groups (broad SMARTS) is 1. The molecule has 1 saturated heterocycles. The number of aliphatic hydroxyl groups is 1. The van der Waals surface area contributed by atoms with Gasteiger partial charge in [0.2, 0.25) is 0 Å². The summed E-state index contributed by atoms with van der Waals surface area (Å²) >= 11 is 0. The third-order valence-electron chi connectivity index (χ3n) is 3.79. The number of carboxylic acids is 1. The fourth-order valence-corrected chi connectivity index (χ4v) is 2.88. The number of aromatic nitrogens is 1. The van der Waals surface area contributed by atoms with Gasteiger partial charge >= 0.3 is 5.97 Å². The van der Waals surface area contributed by atoms with Crippen molar-refractivity contribution >= 4 is 16.9 Å². The Balaban J connectivity index is 1.96. The van der Waals surface area contributed by atoms with Gasteiger partial charge in [0, 0.05) is 31.1 Å². The SMILES string of the molecule is O=C(O)C1CC(O)CN1Cc1cc(F)cc2cccnc12. The molecule has 1 aliphatic rings. The van der Waals surface area contributed by atoms with Crippen LogP contribution in [0.3, 0.4) is 0 Å². The second-order valence-corrected chi connectivity index (χ2v) is 5.31. The molecule has 6 heteroatoms. The van der Waals surface area contributed by atoms with Crippen LogP contribution in [0.15, 0.2) is 30.5 Å². The molecule has 0 aliphatic carbocycles. The molecule has 0 bridgehead atoms. The van der Waals surface area contributed by atoms with Crippen molar-refractivity contribution in [1.82, 2.24) is 9.88 Å². The fourth-order valence-electron chi connectivity index (χ4n) is 2.88. The van der Waals surface area contributed by atoms with Crippen molar-refractivity contribution in [2.75, 3.05) is 6.54 Å². The third-order valence-corrected chi connectivity index (χ3v) is 3.79. The molecule has 1 aliphatic heterocycles. The van der Waals surface area contributed by atoms with Gasteiger partial charge in [-0.25, -0.2) is 4.39 Å². The maximum atomic E-state index is 13.7. The molecule has 5 nitrogen and oxygen atoms in total. The van der Waals surface area contributed by atoms with Crippen molar-refractivity contribution in [1.29, 1.82) is 0 Å². The van der Waals surface area contributed by atoms with Crippen molar-refractivity contribution in [3.8, 4) is 0 Å². The molecule has 2 heterocycles. The minimum absolute atomic E-state index is 0.190. The average molecular weight is 290 g/mol. The van der Waals surface area contributed by atoms with Crippen molar-refractivity contribution in [2.24, 2.45) is 0 Å². The van der Waals surface area contributed by atoms with E-state index >= 15 is 0 Å². The fraction of sp³-hybridized carbons (Fsp3) is 0.333. The molecule has 0 radical (unpaired) electrons. The number of carbonyl (C=O) groups is 1. The molecule has 2 aromatic rings. The first-order valence-electron chi connectivity index (χ1n) is 6.72. The molecule has 2 unspecified atom stereocenters. The molecule has 110 valence electrons. The number of aliphatic carboxylic acids is 1. The Morgan fingerprint density at radius 1 is 1.48 bits per heavy atom. The minimum Gasteiger partial charge on any atom is -0.480 e. The lowest BCUT2D eigenvalue weighted by atomic mass is 10.1. The second kappa shape index (κ2) is 5.38.